The second kappa shape index (κ2) is 12.3. The van der Waals surface area contributed by atoms with Gasteiger partial charge < -0.3 is 30.3 Å². The van der Waals surface area contributed by atoms with Crippen LogP contribution in [0.5, 0.6) is 6.01 Å². The molecule has 4 aliphatic rings. The molecule has 0 aliphatic carbocycles. The summed E-state index contributed by atoms with van der Waals surface area (Å²) in [7, 11) is 0. The van der Waals surface area contributed by atoms with Gasteiger partial charge in [-0.3, -0.25) is 9.80 Å². The highest BCUT2D eigenvalue weighted by Crippen LogP contribution is 2.49. The SMILES string of the molecule is CC(O)CN1CC2CCC(C1)N2c1nc(OC[C@@H]2CCN2CCO)nc2c(F)c(-c3c(F)ccc4sc(N)c(C#N)c34)c3c(c12)COC3. The van der Waals surface area contributed by atoms with E-state index in [1.165, 1.54) is 6.07 Å². The third kappa shape index (κ3) is 5.07. The van der Waals surface area contributed by atoms with Crippen molar-refractivity contribution in [2.45, 2.75) is 63.6 Å². The fourth-order valence-corrected chi connectivity index (χ4v) is 9.11. The van der Waals surface area contributed by atoms with Crippen molar-refractivity contribution in [1.29, 1.82) is 5.26 Å². The standard InChI is InChI=1S/C34H37F2N7O4S/c1-17(45)11-41-12-18-2-3-19(13-41)43(18)33-28-23-16-46-15-22(23)27(29-24(35)4-5-25-26(29)21(10-37)32(38)48-25)30(36)31(28)39-34(40-33)47-14-20-6-7-42(20)8-9-44/h4-5,17-20,44-45H,2-3,6-9,11-16,38H2,1H3/t17?,18?,19?,20-/m0/s1. The van der Waals surface area contributed by atoms with Gasteiger partial charge in [0.2, 0.25) is 0 Å². The molecule has 252 valence electrons. The Kier molecular flexibility index (Phi) is 8.09. The lowest BCUT2D eigenvalue weighted by Crippen LogP contribution is -2.55. The largest absolute Gasteiger partial charge is 0.462 e. The van der Waals surface area contributed by atoms with Crippen molar-refractivity contribution in [3.05, 3.63) is 40.5 Å². The maximum Gasteiger partial charge on any atom is 0.319 e. The number of aliphatic hydroxyl groups is 2. The van der Waals surface area contributed by atoms with E-state index in [2.05, 4.69) is 25.8 Å². The third-order valence-corrected chi connectivity index (χ3v) is 11.3. The molecule has 4 aliphatic heterocycles. The Morgan fingerprint density at radius 1 is 1.12 bits per heavy atom. The Morgan fingerprint density at radius 3 is 2.58 bits per heavy atom. The lowest BCUT2D eigenvalue weighted by molar-refractivity contribution is 0.0339. The number of hydrogen-bond acceptors (Lipinski definition) is 12. The number of halogens is 2. The fraction of sp³-hybridized carbons (Fsp3) is 0.500. The zero-order chi connectivity index (χ0) is 33.3. The first kappa shape index (κ1) is 31.6. The van der Waals surface area contributed by atoms with Crippen molar-refractivity contribution in [2.24, 2.45) is 0 Å². The van der Waals surface area contributed by atoms with E-state index in [1.807, 2.05) is 0 Å². The van der Waals surface area contributed by atoms with Crippen LogP contribution in [-0.2, 0) is 18.0 Å². The van der Waals surface area contributed by atoms with E-state index in [1.54, 1.807) is 13.0 Å². The van der Waals surface area contributed by atoms with Crippen LogP contribution in [0.25, 0.3) is 32.1 Å². The van der Waals surface area contributed by atoms with Gasteiger partial charge in [0, 0.05) is 72.1 Å². The summed E-state index contributed by atoms with van der Waals surface area (Å²) in [6, 6.07) is 5.21. The number of ether oxygens (including phenoxy) is 2. The van der Waals surface area contributed by atoms with E-state index >= 15 is 8.78 Å². The first-order valence-electron chi connectivity index (χ1n) is 16.5. The Hall–Kier alpha value is -3.71. The van der Waals surface area contributed by atoms with Gasteiger partial charge in [-0.25, -0.2) is 8.78 Å². The molecule has 0 saturated carbocycles. The van der Waals surface area contributed by atoms with Crippen molar-refractivity contribution in [3.8, 4) is 23.2 Å². The lowest BCUT2D eigenvalue weighted by atomic mass is 9.90. The number of benzene rings is 2. The number of piperazine rings is 1. The quantitative estimate of drug-likeness (QED) is 0.238. The van der Waals surface area contributed by atoms with E-state index in [-0.39, 0.29) is 83.2 Å². The van der Waals surface area contributed by atoms with Crippen LogP contribution >= 0.6 is 11.3 Å². The average molecular weight is 678 g/mol. The minimum atomic E-state index is -0.728. The number of anilines is 2. The van der Waals surface area contributed by atoms with Gasteiger partial charge in [-0.2, -0.15) is 15.2 Å². The van der Waals surface area contributed by atoms with Crippen molar-refractivity contribution >= 4 is 43.1 Å². The minimum Gasteiger partial charge on any atom is -0.462 e. The van der Waals surface area contributed by atoms with Gasteiger partial charge in [-0.05, 0) is 49.4 Å². The van der Waals surface area contributed by atoms with Crippen molar-refractivity contribution in [1.82, 2.24) is 19.8 Å². The number of rotatable bonds is 9. The van der Waals surface area contributed by atoms with Gasteiger partial charge in [0.05, 0.1) is 36.9 Å². The first-order chi connectivity index (χ1) is 23.3. The number of β-amino-alcohol motifs (C(OH)–C–C–N with tert-alkyl or cyclic N) is 2. The maximum atomic E-state index is 17.4. The van der Waals surface area contributed by atoms with E-state index in [4.69, 9.17) is 20.2 Å². The lowest BCUT2D eigenvalue weighted by Gasteiger charge is -2.42. The number of nitrogens with zero attached hydrogens (tertiary/aromatic N) is 6. The number of thiophene rings is 1. The van der Waals surface area contributed by atoms with Crippen LogP contribution in [0.4, 0.5) is 19.6 Å². The molecule has 0 spiro atoms. The van der Waals surface area contributed by atoms with Crippen molar-refractivity contribution < 1.29 is 28.5 Å². The third-order valence-electron chi connectivity index (χ3n) is 10.3. The summed E-state index contributed by atoms with van der Waals surface area (Å²) in [6.45, 7) is 5.76. The van der Waals surface area contributed by atoms with Gasteiger partial charge in [0.1, 0.15) is 34.8 Å². The van der Waals surface area contributed by atoms with Crippen LogP contribution in [0, 0.1) is 23.0 Å². The fourth-order valence-electron chi connectivity index (χ4n) is 8.18. The topological polar surface area (TPSA) is 144 Å². The first-order valence-corrected chi connectivity index (χ1v) is 17.3. The van der Waals surface area contributed by atoms with Crippen molar-refractivity contribution in [2.75, 3.05) is 56.6 Å². The predicted octanol–water partition coefficient (Wildman–Crippen LogP) is 3.75. The molecule has 3 fully saturated rings. The summed E-state index contributed by atoms with van der Waals surface area (Å²) in [4.78, 5) is 16.3. The summed E-state index contributed by atoms with van der Waals surface area (Å²) in [5, 5.41) is 30.6. The molecule has 14 heteroatoms. The summed E-state index contributed by atoms with van der Waals surface area (Å²) in [5.74, 6) is -0.826. The molecule has 3 saturated heterocycles. The van der Waals surface area contributed by atoms with Gasteiger partial charge in [0.25, 0.3) is 0 Å². The molecular weight excluding hydrogens is 640 g/mol. The van der Waals surface area contributed by atoms with Crippen LogP contribution in [0.3, 0.4) is 0 Å². The second-order valence-electron chi connectivity index (χ2n) is 13.3. The number of aliphatic hydroxyl groups excluding tert-OH is 2. The maximum absolute atomic E-state index is 17.4. The molecule has 48 heavy (non-hydrogen) atoms. The second-order valence-corrected chi connectivity index (χ2v) is 14.4. The number of nitrogen functional groups attached to an aromatic ring is 1. The summed E-state index contributed by atoms with van der Waals surface area (Å²) in [5.41, 5.74) is 7.49. The highest BCUT2D eigenvalue weighted by molar-refractivity contribution is 7.23. The normalized spacial score (nSPS) is 23.1. The Labute approximate surface area is 280 Å². The summed E-state index contributed by atoms with van der Waals surface area (Å²) >= 11 is 1.16. The molecule has 11 nitrogen and oxygen atoms in total. The molecule has 2 bridgehead atoms. The Bertz CT molecular complexity index is 1950. The van der Waals surface area contributed by atoms with Crippen LogP contribution in [0.1, 0.15) is 42.9 Å². The van der Waals surface area contributed by atoms with Crippen molar-refractivity contribution in [3.63, 3.8) is 0 Å². The highest BCUT2D eigenvalue weighted by Gasteiger charge is 2.43. The van der Waals surface area contributed by atoms with Gasteiger partial charge in [0.15, 0.2) is 5.82 Å². The average Bonchev–Trinajstić information content (AvgIpc) is 3.73. The number of nitrogens with two attached hydrogens (primary N) is 1. The monoisotopic (exact) mass is 677 g/mol. The molecule has 4 aromatic rings. The van der Waals surface area contributed by atoms with Gasteiger partial charge >= 0.3 is 6.01 Å². The van der Waals surface area contributed by atoms with E-state index in [0.717, 1.165) is 50.2 Å². The molecule has 0 radical (unpaired) electrons. The minimum absolute atomic E-state index is 0.0130. The number of likely N-dealkylation sites (tertiary alicyclic amines) is 2. The Balaban J connectivity index is 1.32. The van der Waals surface area contributed by atoms with Crippen LogP contribution in [0.15, 0.2) is 12.1 Å². The predicted molar refractivity (Wildman–Crippen MR) is 178 cm³/mol. The zero-order valence-electron chi connectivity index (χ0n) is 26.6. The molecule has 2 aromatic heterocycles. The van der Waals surface area contributed by atoms with E-state index in [0.29, 0.717) is 40.1 Å². The highest BCUT2D eigenvalue weighted by atomic mass is 32.1. The van der Waals surface area contributed by atoms with Crippen LogP contribution < -0.4 is 15.4 Å². The van der Waals surface area contributed by atoms with Gasteiger partial charge in [-0.15, -0.1) is 11.3 Å². The molecular formula is C34H37F2N7O4S. The number of aromatic nitrogens is 2. The Morgan fingerprint density at radius 2 is 1.90 bits per heavy atom. The zero-order valence-corrected chi connectivity index (χ0v) is 27.4. The van der Waals surface area contributed by atoms with Gasteiger partial charge in [-0.1, -0.05) is 0 Å². The number of nitriles is 1. The smallest absolute Gasteiger partial charge is 0.319 e. The van der Waals surface area contributed by atoms with Crippen LogP contribution in [0.2, 0.25) is 0 Å². The number of fused-ring (bicyclic) bond motifs is 6. The molecule has 4 atom stereocenters. The van der Waals surface area contributed by atoms with Crippen LogP contribution in [-0.4, -0.2) is 100 Å². The summed E-state index contributed by atoms with van der Waals surface area (Å²) in [6.07, 6.45) is 2.28. The molecule has 3 unspecified atom stereocenters. The number of hydrogen-bond donors (Lipinski definition) is 3. The van der Waals surface area contributed by atoms with E-state index < -0.39 is 17.7 Å². The molecule has 4 N–H and O–H groups in total. The summed E-state index contributed by atoms with van der Waals surface area (Å²) < 4.78 is 46.1. The molecule has 6 heterocycles. The van der Waals surface area contributed by atoms with E-state index in [9.17, 15) is 15.5 Å². The molecule has 2 aromatic carbocycles. The molecule has 8 rings (SSSR count). The molecule has 0 amide bonds.